The Kier molecular flexibility index (Phi) is 5.26. The van der Waals surface area contributed by atoms with Gasteiger partial charge in [0.2, 0.25) is 0 Å². The molecule has 1 aliphatic heterocycles. The number of carbonyl (C=O) groups is 1. The highest BCUT2D eigenvalue weighted by molar-refractivity contribution is 5.94. The topological polar surface area (TPSA) is 41.4 Å². The van der Waals surface area contributed by atoms with Gasteiger partial charge in [-0.25, -0.2) is 9.37 Å². The molecule has 3 aromatic rings. The van der Waals surface area contributed by atoms with Crippen molar-refractivity contribution in [1.29, 1.82) is 0 Å². The lowest BCUT2D eigenvalue weighted by atomic mass is 9.92. The number of fused-ring (bicyclic) bond motifs is 1. The first kappa shape index (κ1) is 20.2. The second-order valence-corrected chi connectivity index (χ2v) is 9.01. The molecular weight excluding hydrogens is 391 g/mol. The molecule has 1 saturated carbocycles. The van der Waals surface area contributed by atoms with E-state index in [2.05, 4.69) is 14.5 Å². The number of imidazole rings is 1. The molecule has 2 aromatic carbocycles. The van der Waals surface area contributed by atoms with Gasteiger partial charge in [0.25, 0.3) is 5.91 Å². The van der Waals surface area contributed by atoms with E-state index in [0.29, 0.717) is 18.1 Å². The Hall–Kier alpha value is -2.73. The first-order valence-corrected chi connectivity index (χ1v) is 11.2. The van der Waals surface area contributed by atoms with Crippen LogP contribution in [-0.2, 0) is 6.54 Å². The van der Waals surface area contributed by atoms with Gasteiger partial charge in [0.05, 0.1) is 11.0 Å². The number of hydrogen-bond acceptors (Lipinski definition) is 3. The fourth-order valence-corrected chi connectivity index (χ4v) is 4.90. The van der Waals surface area contributed by atoms with Gasteiger partial charge in [0.1, 0.15) is 11.6 Å². The Labute approximate surface area is 182 Å². The van der Waals surface area contributed by atoms with Gasteiger partial charge < -0.3 is 9.47 Å². The fraction of sp³-hybridized carbons (Fsp3) is 0.440. The van der Waals surface area contributed by atoms with Crippen LogP contribution in [0.2, 0.25) is 0 Å². The van der Waals surface area contributed by atoms with Crippen LogP contribution in [0.4, 0.5) is 4.39 Å². The van der Waals surface area contributed by atoms with Crippen molar-refractivity contribution in [2.45, 2.75) is 51.2 Å². The van der Waals surface area contributed by atoms with Crippen molar-refractivity contribution >= 4 is 16.9 Å². The van der Waals surface area contributed by atoms with Crippen LogP contribution in [0.5, 0.6) is 0 Å². The number of aryl methyl sites for hydroxylation is 1. The molecule has 1 saturated heterocycles. The molecular formula is C25H29FN4O. The average molecular weight is 421 g/mol. The summed E-state index contributed by atoms with van der Waals surface area (Å²) < 4.78 is 15.6. The van der Waals surface area contributed by atoms with E-state index >= 15 is 0 Å². The van der Waals surface area contributed by atoms with E-state index < -0.39 is 0 Å². The lowest BCUT2D eigenvalue weighted by Crippen LogP contribution is -2.43. The number of likely N-dealkylation sites (N-methyl/N-ethyl adjacent to an activating group) is 1. The molecule has 0 bridgehead atoms. The van der Waals surface area contributed by atoms with Crippen LogP contribution < -0.4 is 0 Å². The van der Waals surface area contributed by atoms with Crippen LogP contribution in [0.3, 0.4) is 0 Å². The maximum atomic E-state index is 13.5. The van der Waals surface area contributed by atoms with E-state index in [1.165, 1.54) is 31.4 Å². The zero-order valence-corrected chi connectivity index (χ0v) is 18.2. The largest absolute Gasteiger partial charge is 0.337 e. The average Bonchev–Trinajstić information content (AvgIpc) is 3.31. The number of rotatable bonds is 5. The third-order valence-corrected chi connectivity index (χ3v) is 7.10. The van der Waals surface area contributed by atoms with Crippen molar-refractivity contribution in [3.05, 3.63) is 65.2 Å². The number of carbonyl (C=O) groups excluding carboxylic acids is 1. The normalized spacial score (nSPS) is 19.6. The molecule has 31 heavy (non-hydrogen) atoms. The Morgan fingerprint density at radius 3 is 2.65 bits per heavy atom. The van der Waals surface area contributed by atoms with Crippen LogP contribution in [0.25, 0.3) is 11.0 Å². The van der Waals surface area contributed by atoms with E-state index in [-0.39, 0.29) is 11.7 Å². The maximum Gasteiger partial charge on any atom is 0.253 e. The SMILES string of the molecule is Cc1nc2cc(F)ccc2n1Cc1ccc(C(=O)N(C)[C@@H]2CCN(C3CCC3)C2)cc1. The predicted molar refractivity (Wildman–Crippen MR) is 120 cm³/mol. The second-order valence-electron chi connectivity index (χ2n) is 9.01. The van der Waals surface area contributed by atoms with Crippen LogP contribution in [0, 0.1) is 12.7 Å². The first-order chi connectivity index (χ1) is 15.0. The third kappa shape index (κ3) is 3.85. The monoisotopic (exact) mass is 420 g/mol. The van der Waals surface area contributed by atoms with E-state index in [1.54, 1.807) is 6.07 Å². The highest BCUT2D eigenvalue weighted by atomic mass is 19.1. The summed E-state index contributed by atoms with van der Waals surface area (Å²) in [5, 5.41) is 0. The van der Waals surface area contributed by atoms with Gasteiger partial charge >= 0.3 is 0 Å². The maximum absolute atomic E-state index is 13.5. The molecule has 5 rings (SSSR count). The molecule has 1 aliphatic carbocycles. The predicted octanol–water partition coefficient (Wildman–Crippen LogP) is 4.23. The molecule has 2 fully saturated rings. The molecule has 0 N–H and O–H groups in total. The van der Waals surface area contributed by atoms with Gasteiger partial charge in [-0.3, -0.25) is 9.69 Å². The van der Waals surface area contributed by atoms with Gasteiger partial charge in [-0.2, -0.15) is 0 Å². The molecule has 0 unspecified atom stereocenters. The quantitative estimate of drug-likeness (QED) is 0.620. The van der Waals surface area contributed by atoms with Gasteiger partial charge in [0, 0.05) is 50.4 Å². The molecule has 0 radical (unpaired) electrons. The number of likely N-dealkylation sites (tertiary alicyclic amines) is 1. The fourth-order valence-electron chi connectivity index (χ4n) is 4.90. The number of benzene rings is 2. The Morgan fingerprint density at radius 1 is 1.16 bits per heavy atom. The zero-order valence-electron chi connectivity index (χ0n) is 18.2. The molecule has 0 spiro atoms. The summed E-state index contributed by atoms with van der Waals surface area (Å²) in [5.74, 6) is 0.659. The lowest BCUT2D eigenvalue weighted by Gasteiger charge is -2.35. The Bertz CT molecular complexity index is 1100. The number of halogens is 1. The molecule has 6 heteroatoms. The van der Waals surface area contributed by atoms with E-state index in [0.717, 1.165) is 48.0 Å². The van der Waals surface area contributed by atoms with E-state index in [9.17, 15) is 9.18 Å². The summed E-state index contributed by atoms with van der Waals surface area (Å²) in [7, 11) is 1.94. The minimum Gasteiger partial charge on any atom is -0.337 e. The summed E-state index contributed by atoms with van der Waals surface area (Å²) in [6.45, 7) is 4.67. The molecule has 1 atom stereocenters. The van der Waals surface area contributed by atoms with Crippen LogP contribution in [-0.4, -0.2) is 57.5 Å². The van der Waals surface area contributed by atoms with Crippen molar-refractivity contribution in [2.75, 3.05) is 20.1 Å². The molecule has 5 nitrogen and oxygen atoms in total. The molecule has 2 heterocycles. The molecule has 1 amide bonds. The third-order valence-electron chi connectivity index (χ3n) is 7.10. The van der Waals surface area contributed by atoms with Gasteiger partial charge in [0.15, 0.2) is 0 Å². The Morgan fingerprint density at radius 2 is 1.94 bits per heavy atom. The van der Waals surface area contributed by atoms with E-state index in [1.807, 2.05) is 43.1 Å². The molecule has 2 aliphatic rings. The lowest BCUT2D eigenvalue weighted by molar-refractivity contribution is 0.0720. The smallest absolute Gasteiger partial charge is 0.253 e. The van der Waals surface area contributed by atoms with E-state index in [4.69, 9.17) is 0 Å². The van der Waals surface area contributed by atoms with Crippen molar-refractivity contribution in [1.82, 2.24) is 19.4 Å². The standard InChI is InChI=1S/C25H29FN4O/c1-17-27-23-14-20(26)10-11-24(23)30(17)15-18-6-8-19(9-7-18)25(31)28(2)22-12-13-29(16-22)21-4-3-5-21/h6-11,14,21-22H,3-5,12-13,15-16H2,1-2H3/t22-/m1/s1. The van der Waals surface area contributed by atoms with Crippen LogP contribution >= 0.6 is 0 Å². The van der Waals surface area contributed by atoms with Crippen molar-refractivity contribution < 1.29 is 9.18 Å². The van der Waals surface area contributed by atoms with Crippen molar-refractivity contribution in [2.24, 2.45) is 0 Å². The summed E-state index contributed by atoms with van der Waals surface area (Å²) in [4.78, 5) is 22.0. The van der Waals surface area contributed by atoms with Gasteiger partial charge in [-0.15, -0.1) is 0 Å². The summed E-state index contributed by atoms with van der Waals surface area (Å²) in [6.07, 6.45) is 5.03. The summed E-state index contributed by atoms with van der Waals surface area (Å²) in [5.41, 5.74) is 3.39. The number of hydrogen-bond donors (Lipinski definition) is 0. The molecule has 162 valence electrons. The minimum atomic E-state index is -0.276. The number of aromatic nitrogens is 2. The highest BCUT2D eigenvalue weighted by Crippen LogP contribution is 2.29. The Balaban J connectivity index is 1.27. The summed E-state index contributed by atoms with van der Waals surface area (Å²) in [6, 6.07) is 13.6. The molecule has 1 aromatic heterocycles. The van der Waals surface area contributed by atoms with Crippen LogP contribution in [0.15, 0.2) is 42.5 Å². The summed E-state index contributed by atoms with van der Waals surface area (Å²) >= 11 is 0. The zero-order chi connectivity index (χ0) is 21.5. The van der Waals surface area contributed by atoms with Gasteiger partial charge in [-0.05, 0) is 56.0 Å². The first-order valence-electron chi connectivity index (χ1n) is 11.2. The van der Waals surface area contributed by atoms with Gasteiger partial charge in [-0.1, -0.05) is 18.6 Å². The number of nitrogens with zero attached hydrogens (tertiary/aromatic N) is 4. The van der Waals surface area contributed by atoms with Crippen molar-refractivity contribution in [3.8, 4) is 0 Å². The number of amides is 1. The second kappa shape index (κ2) is 8.08. The van der Waals surface area contributed by atoms with Crippen molar-refractivity contribution in [3.63, 3.8) is 0 Å². The highest BCUT2D eigenvalue weighted by Gasteiger charge is 2.34. The van der Waals surface area contributed by atoms with Crippen LogP contribution in [0.1, 0.15) is 47.4 Å². The minimum absolute atomic E-state index is 0.0896.